The summed E-state index contributed by atoms with van der Waals surface area (Å²) in [5, 5.41) is 0.187. The molecule has 0 heterocycles. The molecule has 0 atom stereocenters. The molecule has 1 fully saturated rings. The number of esters is 1. The van der Waals surface area contributed by atoms with E-state index in [1.807, 2.05) is 6.92 Å². The molecule has 0 aromatic rings. The second kappa shape index (κ2) is 5.33. The average molecular weight is 272 g/mol. The molecule has 1 aliphatic carbocycles. The highest BCUT2D eigenvalue weighted by molar-refractivity contribution is 6.74. The van der Waals surface area contributed by atoms with E-state index in [0.29, 0.717) is 13.2 Å². The SMILES string of the molecule is CCOC(=O)C1(CO[Si](C)(C)C(C)(C)C)CCC1. The maximum Gasteiger partial charge on any atom is 0.314 e. The van der Waals surface area contributed by atoms with Crippen LogP contribution in [0.4, 0.5) is 0 Å². The Kier molecular flexibility index (Phi) is 4.65. The van der Waals surface area contributed by atoms with Crippen LogP contribution in [0.25, 0.3) is 0 Å². The van der Waals surface area contributed by atoms with Crippen LogP contribution >= 0.6 is 0 Å². The third kappa shape index (κ3) is 3.15. The molecule has 0 radical (unpaired) electrons. The van der Waals surface area contributed by atoms with Gasteiger partial charge in [0, 0.05) is 0 Å². The largest absolute Gasteiger partial charge is 0.465 e. The number of carbonyl (C=O) groups is 1. The van der Waals surface area contributed by atoms with Gasteiger partial charge >= 0.3 is 5.97 Å². The molecule has 0 bridgehead atoms. The van der Waals surface area contributed by atoms with Gasteiger partial charge in [-0.2, -0.15) is 0 Å². The van der Waals surface area contributed by atoms with Crippen molar-refractivity contribution >= 4 is 14.3 Å². The summed E-state index contributed by atoms with van der Waals surface area (Å²) >= 11 is 0. The lowest BCUT2D eigenvalue weighted by Gasteiger charge is -2.43. The van der Waals surface area contributed by atoms with Gasteiger partial charge in [-0.25, -0.2) is 0 Å². The summed E-state index contributed by atoms with van der Waals surface area (Å²) in [5.74, 6) is -0.0602. The van der Waals surface area contributed by atoms with E-state index in [4.69, 9.17) is 9.16 Å². The van der Waals surface area contributed by atoms with Crippen molar-refractivity contribution in [2.45, 2.75) is 65.1 Å². The summed E-state index contributed by atoms with van der Waals surface area (Å²) in [6.45, 7) is 14.0. The molecule has 0 N–H and O–H groups in total. The fourth-order valence-electron chi connectivity index (χ4n) is 1.83. The number of hydrogen-bond donors (Lipinski definition) is 0. The van der Waals surface area contributed by atoms with Gasteiger partial charge in [-0.1, -0.05) is 27.2 Å². The van der Waals surface area contributed by atoms with Crippen molar-refractivity contribution < 1.29 is 14.0 Å². The van der Waals surface area contributed by atoms with Gasteiger partial charge in [0.05, 0.1) is 18.6 Å². The first kappa shape index (κ1) is 15.7. The van der Waals surface area contributed by atoms with Crippen molar-refractivity contribution in [2.24, 2.45) is 5.41 Å². The first-order chi connectivity index (χ1) is 8.15. The van der Waals surface area contributed by atoms with E-state index in [0.717, 1.165) is 19.3 Å². The highest BCUT2D eigenvalue weighted by atomic mass is 28.4. The number of hydrogen-bond acceptors (Lipinski definition) is 3. The Morgan fingerprint density at radius 2 is 1.83 bits per heavy atom. The summed E-state index contributed by atoms with van der Waals surface area (Å²) in [7, 11) is -1.77. The van der Waals surface area contributed by atoms with Gasteiger partial charge < -0.3 is 9.16 Å². The molecule has 0 unspecified atom stereocenters. The van der Waals surface area contributed by atoms with Crippen molar-refractivity contribution in [3.8, 4) is 0 Å². The normalized spacial score (nSPS) is 19.2. The Balaban J connectivity index is 2.63. The van der Waals surface area contributed by atoms with Crippen LogP contribution in [0.2, 0.25) is 18.1 Å². The van der Waals surface area contributed by atoms with Crippen LogP contribution < -0.4 is 0 Å². The Morgan fingerprint density at radius 3 is 2.17 bits per heavy atom. The van der Waals surface area contributed by atoms with Gasteiger partial charge in [-0.05, 0) is 37.9 Å². The molecule has 0 saturated heterocycles. The second-order valence-electron chi connectivity index (χ2n) is 6.90. The lowest BCUT2D eigenvalue weighted by Crippen LogP contribution is -2.49. The number of carbonyl (C=O) groups excluding carboxylic acids is 1. The minimum atomic E-state index is -1.77. The lowest BCUT2D eigenvalue weighted by atomic mass is 9.69. The van der Waals surface area contributed by atoms with Crippen LogP contribution in [0, 0.1) is 5.41 Å². The van der Waals surface area contributed by atoms with E-state index < -0.39 is 8.32 Å². The summed E-state index contributed by atoms with van der Waals surface area (Å²) in [4.78, 5) is 12.0. The standard InChI is InChI=1S/C14H28O3Si/c1-7-16-12(15)14(9-8-10-14)11-17-18(5,6)13(2,3)4/h7-11H2,1-6H3. The molecule has 1 saturated carbocycles. The fraction of sp³-hybridized carbons (Fsp3) is 0.929. The molecular formula is C14H28O3Si. The molecule has 1 rings (SSSR count). The molecule has 106 valence electrons. The van der Waals surface area contributed by atoms with E-state index >= 15 is 0 Å². The van der Waals surface area contributed by atoms with Crippen molar-refractivity contribution in [2.75, 3.05) is 13.2 Å². The Bertz CT molecular complexity index is 301. The predicted molar refractivity (Wildman–Crippen MR) is 76.1 cm³/mol. The smallest absolute Gasteiger partial charge is 0.314 e. The summed E-state index contributed by atoms with van der Waals surface area (Å²) in [6, 6.07) is 0. The topological polar surface area (TPSA) is 35.5 Å². The molecule has 4 heteroatoms. The van der Waals surface area contributed by atoms with Crippen molar-refractivity contribution in [1.29, 1.82) is 0 Å². The lowest BCUT2D eigenvalue weighted by molar-refractivity contribution is -0.164. The maximum absolute atomic E-state index is 12.0. The van der Waals surface area contributed by atoms with Crippen LogP contribution in [0.15, 0.2) is 0 Å². The highest BCUT2D eigenvalue weighted by Crippen LogP contribution is 2.45. The average Bonchev–Trinajstić information content (AvgIpc) is 2.14. The fourth-order valence-corrected chi connectivity index (χ4v) is 2.90. The first-order valence-corrected chi connectivity index (χ1v) is 9.87. The molecular weight excluding hydrogens is 244 g/mol. The van der Waals surface area contributed by atoms with Gasteiger partial charge in [0.2, 0.25) is 0 Å². The molecule has 1 aliphatic rings. The van der Waals surface area contributed by atoms with Crippen LogP contribution in [0.5, 0.6) is 0 Å². The van der Waals surface area contributed by atoms with E-state index in [-0.39, 0.29) is 16.4 Å². The Hall–Kier alpha value is -0.353. The molecule has 0 amide bonds. The van der Waals surface area contributed by atoms with Gasteiger partial charge in [0.1, 0.15) is 0 Å². The van der Waals surface area contributed by atoms with Crippen molar-refractivity contribution in [1.82, 2.24) is 0 Å². The molecule has 0 aromatic carbocycles. The van der Waals surface area contributed by atoms with E-state index in [9.17, 15) is 4.79 Å². The van der Waals surface area contributed by atoms with Gasteiger partial charge in [-0.15, -0.1) is 0 Å². The minimum absolute atomic E-state index is 0.0602. The quantitative estimate of drug-likeness (QED) is 0.565. The summed E-state index contributed by atoms with van der Waals surface area (Å²) in [6.07, 6.45) is 2.95. The van der Waals surface area contributed by atoms with Crippen molar-refractivity contribution in [3.63, 3.8) is 0 Å². The highest BCUT2D eigenvalue weighted by Gasteiger charge is 2.48. The van der Waals surface area contributed by atoms with Gasteiger partial charge in [0.15, 0.2) is 8.32 Å². The first-order valence-electron chi connectivity index (χ1n) is 6.96. The van der Waals surface area contributed by atoms with Crippen LogP contribution in [0.1, 0.15) is 47.0 Å². The zero-order valence-electron chi connectivity index (χ0n) is 12.8. The minimum Gasteiger partial charge on any atom is -0.465 e. The zero-order valence-corrected chi connectivity index (χ0v) is 13.8. The molecule has 3 nitrogen and oxygen atoms in total. The molecule has 18 heavy (non-hydrogen) atoms. The van der Waals surface area contributed by atoms with Crippen molar-refractivity contribution in [3.05, 3.63) is 0 Å². The second-order valence-corrected chi connectivity index (χ2v) is 11.7. The predicted octanol–water partition coefficient (Wildman–Crippen LogP) is 3.74. The van der Waals surface area contributed by atoms with Crippen LogP contribution in [-0.4, -0.2) is 27.5 Å². The maximum atomic E-state index is 12.0. The summed E-state index contributed by atoms with van der Waals surface area (Å²) in [5.41, 5.74) is -0.342. The van der Waals surface area contributed by atoms with E-state index in [1.165, 1.54) is 0 Å². The van der Waals surface area contributed by atoms with Gasteiger partial charge in [0.25, 0.3) is 0 Å². The van der Waals surface area contributed by atoms with Crippen LogP contribution in [0.3, 0.4) is 0 Å². The zero-order chi connectivity index (χ0) is 14.0. The van der Waals surface area contributed by atoms with Crippen LogP contribution in [-0.2, 0) is 14.0 Å². The van der Waals surface area contributed by atoms with E-state index in [1.54, 1.807) is 0 Å². The third-order valence-corrected chi connectivity index (χ3v) is 9.01. The third-order valence-electron chi connectivity index (χ3n) is 4.53. The number of ether oxygens (including phenoxy) is 1. The molecule has 0 aliphatic heterocycles. The Morgan fingerprint density at radius 1 is 1.28 bits per heavy atom. The molecule has 0 aromatic heterocycles. The monoisotopic (exact) mass is 272 g/mol. The van der Waals surface area contributed by atoms with E-state index in [2.05, 4.69) is 33.9 Å². The number of rotatable bonds is 5. The van der Waals surface area contributed by atoms with Gasteiger partial charge in [-0.3, -0.25) is 4.79 Å². The Labute approximate surface area is 112 Å². The summed E-state index contributed by atoms with van der Waals surface area (Å²) < 4.78 is 11.4. The molecule has 0 spiro atoms.